The molecule has 0 amide bonds. The van der Waals surface area contributed by atoms with Crippen LogP contribution in [0, 0.1) is 10.1 Å². The molecule has 0 saturated carbocycles. The molecule has 3 aromatic carbocycles. The maximum absolute atomic E-state index is 11.0. The summed E-state index contributed by atoms with van der Waals surface area (Å²) < 4.78 is 6.26. The van der Waals surface area contributed by atoms with E-state index in [4.69, 9.17) is 21.4 Å². The van der Waals surface area contributed by atoms with Gasteiger partial charge in [0, 0.05) is 34.7 Å². The molecule has 0 radical (unpaired) electrons. The molecule has 2 aliphatic rings. The second-order valence-electron chi connectivity index (χ2n) is 7.01. The lowest BCUT2D eigenvalue weighted by atomic mass is 9.96. The topological polar surface area (TPSA) is 68.0 Å². The lowest BCUT2D eigenvalue weighted by Gasteiger charge is -2.38. The van der Waals surface area contributed by atoms with E-state index in [1.54, 1.807) is 12.1 Å². The van der Waals surface area contributed by atoms with Crippen LogP contribution < -0.4 is 4.74 Å². The highest BCUT2D eigenvalue weighted by Gasteiger charge is 2.40. The van der Waals surface area contributed by atoms with Crippen LogP contribution in [0.4, 0.5) is 5.69 Å². The number of fused-ring (bicyclic) bond motifs is 3. The van der Waals surface area contributed by atoms with Crippen molar-refractivity contribution in [2.45, 2.75) is 18.7 Å². The highest BCUT2D eigenvalue weighted by molar-refractivity contribution is 6.30. The molecule has 2 heterocycles. The van der Waals surface area contributed by atoms with Crippen molar-refractivity contribution in [3.63, 3.8) is 0 Å². The SMILES string of the molecule is O=[N+]([O-])c1ccc([C@@H]2Oc3ccccc3[C@H]3CC(c4ccc(Cl)cc4)=NN32)cc1. The molecule has 2 aliphatic heterocycles. The molecule has 0 aliphatic carbocycles. The minimum atomic E-state index is -0.458. The summed E-state index contributed by atoms with van der Waals surface area (Å²) in [5, 5.41) is 18.5. The summed E-state index contributed by atoms with van der Waals surface area (Å²) in [5.41, 5.74) is 3.92. The van der Waals surface area contributed by atoms with E-state index < -0.39 is 11.2 Å². The Balaban J connectivity index is 1.56. The van der Waals surface area contributed by atoms with Gasteiger partial charge < -0.3 is 4.74 Å². The minimum Gasteiger partial charge on any atom is -0.464 e. The van der Waals surface area contributed by atoms with Gasteiger partial charge in [-0.25, -0.2) is 5.01 Å². The van der Waals surface area contributed by atoms with Gasteiger partial charge in [0.25, 0.3) is 5.69 Å². The van der Waals surface area contributed by atoms with Crippen LogP contribution >= 0.6 is 11.6 Å². The summed E-state index contributed by atoms with van der Waals surface area (Å²) in [7, 11) is 0. The van der Waals surface area contributed by atoms with Gasteiger partial charge in [-0.2, -0.15) is 5.10 Å². The number of non-ortho nitro benzene ring substituents is 1. The number of benzene rings is 3. The average molecular weight is 406 g/mol. The third-order valence-electron chi connectivity index (χ3n) is 5.27. The molecule has 0 aromatic heterocycles. The van der Waals surface area contributed by atoms with Gasteiger partial charge in [0.1, 0.15) is 5.75 Å². The summed E-state index contributed by atoms with van der Waals surface area (Å²) in [6.45, 7) is 0. The van der Waals surface area contributed by atoms with Gasteiger partial charge in [0.05, 0.1) is 16.7 Å². The molecule has 0 unspecified atom stereocenters. The number of hydrogen-bond donors (Lipinski definition) is 0. The molecule has 0 saturated heterocycles. The third-order valence-corrected chi connectivity index (χ3v) is 5.52. The standard InChI is InChI=1S/C22H16ClN3O3/c23-16-9-5-14(6-10-16)19-13-20-18-3-1-2-4-21(18)29-22(25(20)24-19)15-7-11-17(12-8-15)26(27)28/h1-12,20,22H,13H2/t20-,22+/m1/s1. The molecule has 5 rings (SSSR count). The second-order valence-corrected chi connectivity index (χ2v) is 7.45. The summed E-state index contributed by atoms with van der Waals surface area (Å²) in [4.78, 5) is 10.6. The van der Waals surface area contributed by atoms with Gasteiger partial charge in [0.15, 0.2) is 0 Å². The highest BCUT2D eigenvalue weighted by atomic mass is 35.5. The first-order chi connectivity index (χ1) is 14.1. The second kappa shape index (κ2) is 6.90. The highest BCUT2D eigenvalue weighted by Crippen LogP contribution is 2.47. The lowest BCUT2D eigenvalue weighted by molar-refractivity contribution is -0.384. The maximum atomic E-state index is 11.0. The number of para-hydroxylation sites is 1. The Morgan fingerprint density at radius 2 is 1.76 bits per heavy atom. The van der Waals surface area contributed by atoms with E-state index in [-0.39, 0.29) is 11.7 Å². The molecule has 2 atom stereocenters. The Bertz CT molecular complexity index is 1110. The molecule has 6 nitrogen and oxygen atoms in total. The van der Waals surface area contributed by atoms with Crippen molar-refractivity contribution in [1.29, 1.82) is 0 Å². The maximum Gasteiger partial charge on any atom is 0.269 e. The lowest BCUT2D eigenvalue weighted by Crippen LogP contribution is -2.33. The van der Waals surface area contributed by atoms with Crippen molar-refractivity contribution in [3.8, 4) is 5.75 Å². The minimum absolute atomic E-state index is 0.0332. The largest absolute Gasteiger partial charge is 0.464 e. The molecular weight excluding hydrogens is 390 g/mol. The van der Waals surface area contributed by atoms with Crippen molar-refractivity contribution < 1.29 is 9.66 Å². The van der Waals surface area contributed by atoms with Crippen LogP contribution in [0.25, 0.3) is 0 Å². The third kappa shape index (κ3) is 3.11. The Hall–Kier alpha value is -3.38. The van der Waals surface area contributed by atoms with Crippen molar-refractivity contribution >= 4 is 23.0 Å². The molecule has 0 fully saturated rings. The van der Waals surface area contributed by atoms with Crippen molar-refractivity contribution in [2.75, 3.05) is 0 Å². The van der Waals surface area contributed by atoms with E-state index in [0.29, 0.717) is 5.02 Å². The van der Waals surface area contributed by atoms with Gasteiger partial charge in [0.2, 0.25) is 6.23 Å². The van der Waals surface area contributed by atoms with Gasteiger partial charge in [-0.3, -0.25) is 10.1 Å². The smallest absolute Gasteiger partial charge is 0.269 e. The van der Waals surface area contributed by atoms with E-state index >= 15 is 0 Å². The molecule has 0 bridgehead atoms. The zero-order chi connectivity index (χ0) is 20.0. The number of nitrogens with zero attached hydrogens (tertiary/aromatic N) is 3. The van der Waals surface area contributed by atoms with Crippen LogP contribution in [-0.2, 0) is 0 Å². The summed E-state index contributed by atoms with van der Waals surface area (Å²) in [5.74, 6) is 0.810. The molecular formula is C22H16ClN3O3. The Labute approximate surface area is 172 Å². The Morgan fingerprint density at radius 3 is 2.48 bits per heavy atom. The van der Waals surface area contributed by atoms with Crippen LogP contribution in [-0.4, -0.2) is 15.6 Å². The normalized spacial score (nSPS) is 19.8. The fraction of sp³-hybridized carbons (Fsp3) is 0.136. The predicted octanol–water partition coefficient (Wildman–Crippen LogP) is 5.49. The summed E-state index contributed by atoms with van der Waals surface area (Å²) in [6.07, 6.45) is 0.284. The number of nitro groups is 1. The van der Waals surface area contributed by atoms with Crippen LogP contribution in [0.3, 0.4) is 0 Å². The number of ether oxygens (including phenoxy) is 1. The van der Waals surface area contributed by atoms with Gasteiger partial charge >= 0.3 is 0 Å². The first kappa shape index (κ1) is 17.7. The number of halogens is 1. The average Bonchev–Trinajstić information content (AvgIpc) is 3.19. The first-order valence-corrected chi connectivity index (χ1v) is 9.59. The number of hydrazone groups is 1. The summed E-state index contributed by atoms with van der Waals surface area (Å²) >= 11 is 6.03. The number of rotatable bonds is 3. The quantitative estimate of drug-likeness (QED) is 0.426. The Kier molecular flexibility index (Phi) is 4.21. The molecule has 7 heteroatoms. The zero-order valence-electron chi connectivity index (χ0n) is 15.2. The first-order valence-electron chi connectivity index (χ1n) is 9.22. The molecule has 144 valence electrons. The van der Waals surface area contributed by atoms with E-state index in [9.17, 15) is 10.1 Å². The van der Waals surface area contributed by atoms with E-state index in [1.165, 1.54) is 12.1 Å². The van der Waals surface area contributed by atoms with E-state index in [0.717, 1.165) is 34.6 Å². The van der Waals surface area contributed by atoms with Gasteiger partial charge in [-0.1, -0.05) is 41.9 Å². The fourth-order valence-corrected chi connectivity index (χ4v) is 3.96. The van der Waals surface area contributed by atoms with E-state index in [1.807, 2.05) is 47.5 Å². The van der Waals surface area contributed by atoms with Crippen LogP contribution in [0.2, 0.25) is 5.02 Å². The van der Waals surface area contributed by atoms with Crippen LogP contribution in [0.5, 0.6) is 5.75 Å². The van der Waals surface area contributed by atoms with Crippen molar-refractivity contribution in [1.82, 2.24) is 5.01 Å². The van der Waals surface area contributed by atoms with E-state index in [2.05, 4.69) is 6.07 Å². The van der Waals surface area contributed by atoms with Crippen molar-refractivity contribution in [3.05, 3.63) is 105 Å². The van der Waals surface area contributed by atoms with Crippen LogP contribution in [0.1, 0.15) is 35.4 Å². The fourth-order valence-electron chi connectivity index (χ4n) is 3.83. The van der Waals surface area contributed by atoms with Crippen LogP contribution in [0.15, 0.2) is 77.9 Å². The summed E-state index contributed by atoms with van der Waals surface area (Å²) in [6, 6.07) is 22.1. The predicted molar refractivity (Wildman–Crippen MR) is 110 cm³/mol. The van der Waals surface area contributed by atoms with Gasteiger partial charge in [-0.15, -0.1) is 0 Å². The zero-order valence-corrected chi connectivity index (χ0v) is 16.0. The molecule has 3 aromatic rings. The molecule has 0 N–H and O–H groups in total. The monoisotopic (exact) mass is 405 g/mol. The number of nitro benzene ring substituents is 1. The Morgan fingerprint density at radius 1 is 1.03 bits per heavy atom. The van der Waals surface area contributed by atoms with Crippen molar-refractivity contribution in [2.24, 2.45) is 5.10 Å². The van der Waals surface area contributed by atoms with Gasteiger partial charge in [-0.05, 0) is 35.9 Å². The number of hydrogen-bond acceptors (Lipinski definition) is 5. The molecule has 29 heavy (non-hydrogen) atoms. The molecule has 0 spiro atoms.